The summed E-state index contributed by atoms with van der Waals surface area (Å²) in [6.45, 7) is 2.10. The molecule has 0 spiro atoms. The summed E-state index contributed by atoms with van der Waals surface area (Å²) >= 11 is 0. The van der Waals surface area contributed by atoms with Gasteiger partial charge in [-0.25, -0.2) is 0 Å². The summed E-state index contributed by atoms with van der Waals surface area (Å²) < 4.78 is 11.3. The van der Waals surface area contributed by atoms with Crippen molar-refractivity contribution in [2.24, 2.45) is 0 Å². The highest BCUT2D eigenvalue weighted by molar-refractivity contribution is 5.82. The molecule has 1 N–H and O–H groups in total. The van der Waals surface area contributed by atoms with Gasteiger partial charge in [0.25, 0.3) is 0 Å². The summed E-state index contributed by atoms with van der Waals surface area (Å²) in [5, 5.41) is 3.50. The number of carbonyl (C=O) groups is 1. The number of nitrogens with one attached hydrogen (secondary N) is 1. The molecule has 1 fully saturated rings. The molecule has 1 aromatic carbocycles. The molecule has 1 atom stereocenters. The number of hydrogen-bond acceptors (Lipinski definition) is 4. The summed E-state index contributed by atoms with van der Waals surface area (Å²) in [4.78, 5) is 11.0. The third-order valence-corrected chi connectivity index (χ3v) is 3.56. The second kappa shape index (κ2) is 4.98. The number of rotatable bonds is 2. The van der Waals surface area contributed by atoms with Gasteiger partial charge in [0, 0.05) is 11.6 Å². The minimum Gasteiger partial charge on any atom is -0.486 e. The van der Waals surface area contributed by atoms with Gasteiger partial charge >= 0.3 is 0 Å². The molecule has 1 aromatic rings. The van der Waals surface area contributed by atoms with E-state index in [9.17, 15) is 4.79 Å². The van der Waals surface area contributed by atoms with Crippen LogP contribution in [0.3, 0.4) is 0 Å². The topological polar surface area (TPSA) is 47.6 Å². The molecule has 0 aliphatic carbocycles. The highest BCUT2D eigenvalue weighted by Gasteiger charge is 2.25. The molecule has 0 radical (unpaired) electrons. The fraction of sp³-hybridized carbons (Fsp3) is 0.500. The lowest BCUT2D eigenvalue weighted by molar-refractivity contribution is 0.111. The third-order valence-electron chi connectivity index (χ3n) is 3.56. The van der Waals surface area contributed by atoms with E-state index in [2.05, 4.69) is 5.32 Å². The van der Waals surface area contributed by atoms with Crippen LogP contribution in [-0.4, -0.2) is 26.0 Å². The Labute approximate surface area is 106 Å². The van der Waals surface area contributed by atoms with Crippen LogP contribution in [0.1, 0.15) is 41.2 Å². The Kier molecular flexibility index (Phi) is 3.19. The van der Waals surface area contributed by atoms with E-state index >= 15 is 0 Å². The smallest absolute Gasteiger partial charge is 0.172 e. The molecule has 3 rings (SSSR count). The molecular formula is C14H17NO3. The van der Waals surface area contributed by atoms with E-state index in [0.717, 1.165) is 30.6 Å². The van der Waals surface area contributed by atoms with Crippen LogP contribution in [0.5, 0.6) is 11.5 Å². The number of fused-ring (bicyclic) bond motifs is 1. The Hall–Kier alpha value is -1.55. The zero-order chi connectivity index (χ0) is 12.4. The average Bonchev–Trinajstić information content (AvgIpc) is 2.47. The van der Waals surface area contributed by atoms with Crippen molar-refractivity contribution in [3.63, 3.8) is 0 Å². The largest absolute Gasteiger partial charge is 0.486 e. The summed E-state index contributed by atoms with van der Waals surface area (Å²) in [6.07, 6.45) is 4.38. The van der Waals surface area contributed by atoms with Crippen LogP contribution in [0.4, 0.5) is 0 Å². The second-order valence-corrected chi connectivity index (χ2v) is 4.72. The molecule has 2 aliphatic heterocycles. The van der Waals surface area contributed by atoms with E-state index in [1.54, 1.807) is 0 Å². The van der Waals surface area contributed by atoms with Crippen LogP contribution in [0.25, 0.3) is 0 Å². The van der Waals surface area contributed by atoms with Crippen molar-refractivity contribution in [1.82, 2.24) is 5.32 Å². The molecule has 0 bridgehead atoms. The molecule has 0 saturated carbocycles. The highest BCUT2D eigenvalue weighted by Crippen LogP contribution is 2.41. The zero-order valence-electron chi connectivity index (χ0n) is 10.3. The number of piperidine rings is 1. The molecular weight excluding hydrogens is 230 g/mol. The van der Waals surface area contributed by atoms with Gasteiger partial charge in [0.1, 0.15) is 13.2 Å². The highest BCUT2D eigenvalue weighted by atomic mass is 16.6. The fourth-order valence-electron chi connectivity index (χ4n) is 2.66. The number of hydrogen-bond donors (Lipinski definition) is 1. The van der Waals surface area contributed by atoms with Crippen LogP contribution in [-0.2, 0) is 0 Å². The Bertz CT molecular complexity index is 453. The third kappa shape index (κ3) is 1.97. The van der Waals surface area contributed by atoms with Crippen LogP contribution in [0.15, 0.2) is 12.1 Å². The van der Waals surface area contributed by atoms with Gasteiger partial charge in [-0.05, 0) is 25.5 Å². The molecule has 18 heavy (non-hydrogen) atoms. The summed E-state index contributed by atoms with van der Waals surface area (Å²) in [6, 6.07) is 4.13. The number of carbonyl (C=O) groups excluding carboxylic acids is 1. The maximum absolute atomic E-state index is 11.0. The monoisotopic (exact) mass is 247 g/mol. The predicted molar refractivity (Wildman–Crippen MR) is 67.4 cm³/mol. The fourth-order valence-corrected chi connectivity index (χ4v) is 2.66. The van der Waals surface area contributed by atoms with Crippen molar-refractivity contribution in [2.75, 3.05) is 19.8 Å². The van der Waals surface area contributed by atoms with Crippen LogP contribution < -0.4 is 14.8 Å². The van der Waals surface area contributed by atoms with Crippen molar-refractivity contribution in [1.29, 1.82) is 0 Å². The SMILES string of the molecule is O=Cc1ccc(C2CCCCN2)c2c1OCCO2. The first-order valence-electron chi connectivity index (χ1n) is 6.51. The molecule has 0 amide bonds. The normalized spacial score (nSPS) is 22.6. The van der Waals surface area contributed by atoms with Crippen molar-refractivity contribution < 1.29 is 14.3 Å². The van der Waals surface area contributed by atoms with E-state index < -0.39 is 0 Å². The van der Waals surface area contributed by atoms with Gasteiger partial charge in [0.05, 0.1) is 5.56 Å². The minimum atomic E-state index is 0.315. The van der Waals surface area contributed by atoms with Crippen molar-refractivity contribution in [2.45, 2.75) is 25.3 Å². The second-order valence-electron chi connectivity index (χ2n) is 4.72. The van der Waals surface area contributed by atoms with Crippen molar-refractivity contribution in [3.8, 4) is 11.5 Å². The Balaban J connectivity index is 2.01. The standard InChI is InChI=1S/C14H17NO3/c16-9-10-4-5-11(12-3-1-2-6-15-12)14-13(10)17-7-8-18-14/h4-5,9,12,15H,1-3,6-8H2. The van der Waals surface area contributed by atoms with Gasteiger partial charge in [-0.15, -0.1) is 0 Å². The average molecular weight is 247 g/mol. The predicted octanol–water partition coefficient (Wildman–Crippen LogP) is 2.08. The van der Waals surface area contributed by atoms with Crippen molar-refractivity contribution in [3.05, 3.63) is 23.3 Å². The quantitative estimate of drug-likeness (QED) is 0.813. The molecule has 2 aliphatic rings. The van der Waals surface area contributed by atoms with Crippen LogP contribution >= 0.6 is 0 Å². The maximum atomic E-state index is 11.0. The summed E-state index contributed by atoms with van der Waals surface area (Å²) in [5.74, 6) is 1.37. The maximum Gasteiger partial charge on any atom is 0.172 e. The molecule has 1 saturated heterocycles. The van der Waals surface area contributed by atoms with E-state index in [1.807, 2.05) is 12.1 Å². The molecule has 1 unspecified atom stereocenters. The number of aldehydes is 1. The van der Waals surface area contributed by atoms with Gasteiger partial charge < -0.3 is 14.8 Å². The van der Waals surface area contributed by atoms with Crippen molar-refractivity contribution >= 4 is 6.29 Å². The zero-order valence-corrected chi connectivity index (χ0v) is 10.3. The van der Waals surface area contributed by atoms with Gasteiger partial charge in [-0.2, -0.15) is 0 Å². The number of benzene rings is 1. The van der Waals surface area contributed by atoms with Gasteiger partial charge in [-0.1, -0.05) is 12.5 Å². The van der Waals surface area contributed by atoms with Crippen LogP contribution in [0, 0.1) is 0 Å². The Morgan fingerprint density at radius 1 is 1.17 bits per heavy atom. The van der Waals surface area contributed by atoms with Gasteiger partial charge in [0.2, 0.25) is 0 Å². The summed E-state index contributed by atoms with van der Waals surface area (Å²) in [7, 11) is 0. The lowest BCUT2D eigenvalue weighted by atomic mass is 9.95. The van der Waals surface area contributed by atoms with E-state index in [1.165, 1.54) is 12.8 Å². The molecule has 0 aromatic heterocycles. The lowest BCUT2D eigenvalue weighted by Crippen LogP contribution is -2.28. The Morgan fingerprint density at radius 3 is 2.72 bits per heavy atom. The minimum absolute atomic E-state index is 0.315. The molecule has 4 heteroatoms. The van der Waals surface area contributed by atoms with Crippen LogP contribution in [0.2, 0.25) is 0 Å². The number of ether oxygens (including phenoxy) is 2. The Morgan fingerprint density at radius 2 is 2.00 bits per heavy atom. The first-order valence-corrected chi connectivity index (χ1v) is 6.51. The molecule has 2 heterocycles. The molecule has 4 nitrogen and oxygen atoms in total. The molecule has 96 valence electrons. The first kappa shape index (κ1) is 11.5. The van der Waals surface area contributed by atoms with E-state index in [-0.39, 0.29) is 0 Å². The first-order chi connectivity index (χ1) is 8.90. The summed E-state index contributed by atoms with van der Waals surface area (Å²) in [5.41, 5.74) is 1.69. The lowest BCUT2D eigenvalue weighted by Gasteiger charge is -2.29. The van der Waals surface area contributed by atoms with E-state index in [4.69, 9.17) is 9.47 Å². The van der Waals surface area contributed by atoms with E-state index in [0.29, 0.717) is 30.6 Å². The van der Waals surface area contributed by atoms with Gasteiger partial charge in [-0.3, -0.25) is 4.79 Å². The van der Waals surface area contributed by atoms with Gasteiger partial charge in [0.15, 0.2) is 17.8 Å².